The first kappa shape index (κ1) is 24.5. The minimum Gasteiger partial charge on any atom is -0.361 e. The van der Waals surface area contributed by atoms with E-state index < -0.39 is 5.41 Å². The molecule has 4 heteroatoms. The van der Waals surface area contributed by atoms with Crippen LogP contribution in [0.4, 0.5) is 5.69 Å². The van der Waals surface area contributed by atoms with Gasteiger partial charge in [0.05, 0.1) is 17.8 Å². The summed E-state index contributed by atoms with van der Waals surface area (Å²) in [5.41, 5.74) is 11.0. The molecular weight excluding hydrogens is 464 g/mol. The van der Waals surface area contributed by atoms with Crippen molar-refractivity contribution >= 4 is 5.69 Å². The molecule has 0 atom stereocenters. The highest BCUT2D eigenvalue weighted by Crippen LogP contribution is 2.57. The minimum absolute atomic E-state index is 0.0346. The molecule has 2 heterocycles. The molecule has 38 heavy (non-hydrogen) atoms. The fraction of sp³-hybridized carbons (Fsp3) is 0.324. The number of rotatable bonds is 3. The van der Waals surface area contributed by atoms with E-state index in [1.54, 1.807) is 0 Å². The number of anilines is 1. The lowest BCUT2D eigenvalue weighted by molar-refractivity contribution is 0.495. The number of H-pyrrole nitrogens is 1. The van der Waals surface area contributed by atoms with Crippen molar-refractivity contribution in [3.63, 3.8) is 0 Å². The SMILES string of the molecule is CN1C=CN(c2cccc(C3(c4ccn[nH]4)c4cc(C(C)(C)C)ccc4-c4ccc(C(C)(C)C)cc43)c2)C1. The molecular formula is C34H38N4. The van der Waals surface area contributed by atoms with Gasteiger partial charge in [0.15, 0.2) is 0 Å². The van der Waals surface area contributed by atoms with Gasteiger partial charge in [0.2, 0.25) is 0 Å². The Balaban J connectivity index is 1.70. The van der Waals surface area contributed by atoms with E-state index in [1.807, 2.05) is 6.20 Å². The minimum atomic E-state index is -0.505. The molecule has 194 valence electrons. The van der Waals surface area contributed by atoms with E-state index >= 15 is 0 Å². The summed E-state index contributed by atoms with van der Waals surface area (Å²) in [5, 5.41) is 7.91. The van der Waals surface area contributed by atoms with Crippen molar-refractivity contribution in [3.05, 3.63) is 119 Å². The highest BCUT2D eigenvalue weighted by Gasteiger charge is 2.48. The molecule has 1 aliphatic heterocycles. The molecule has 0 radical (unpaired) electrons. The maximum atomic E-state index is 4.48. The Labute approximate surface area is 227 Å². The van der Waals surface area contributed by atoms with Crippen LogP contribution >= 0.6 is 0 Å². The smallest absolute Gasteiger partial charge is 0.0938 e. The molecule has 0 spiro atoms. The first-order valence-electron chi connectivity index (χ1n) is 13.6. The molecule has 0 amide bonds. The lowest BCUT2D eigenvalue weighted by atomic mass is 9.68. The van der Waals surface area contributed by atoms with E-state index in [4.69, 9.17) is 0 Å². The van der Waals surface area contributed by atoms with Gasteiger partial charge >= 0.3 is 0 Å². The van der Waals surface area contributed by atoms with Gasteiger partial charge in [0.25, 0.3) is 0 Å². The number of nitrogens with one attached hydrogen (secondary N) is 1. The summed E-state index contributed by atoms with van der Waals surface area (Å²) in [4.78, 5) is 4.50. The molecule has 4 aromatic rings. The third-order valence-corrected chi connectivity index (χ3v) is 8.26. The maximum Gasteiger partial charge on any atom is 0.0938 e. The average Bonchev–Trinajstić information content (AvgIpc) is 3.61. The van der Waals surface area contributed by atoms with Crippen LogP contribution in [-0.2, 0) is 16.2 Å². The zero-order chi connectivity index (χ0) is 26.9. The standard InChI is InChI=1S/C34H38N4/c1-32(2,3)23-11-13-27-28-14-12-24(33(4,5)6)21-30(28)34(29(27)20-23,31-15-16-35-36-31)25-9-8-10-26(19-25)38-18-17-37(7)22-38/h8-21H,22H2,1-7H3,(H,35,36). The maximum absolute atomic E-state index is 4.48. The Morgan fingerprint density at radius 1 is 0.763 bits per heavy atom. The molecule has 1 aliphatic carbocycles. The molecule has 1 aromatic heterocycles. The molecule has 0 fully saturated rings. The van der Waals surface area contributed by atoms with Gasteiger partial charge in [0.1, 0.15) is 0 Å². The lowest BCUT2D eigenvalue weighted by Crippen LogP contribution is -2.31. The Kier molecular flexibility index (Phi) is 5.40. The predicted molar refractivity (Wildman–Crippen MR) is 158 cm³/mol. The first-order valence-corrected chi connectivity index (χ1v) is 13.6. The van der Waals surface area contributed by atoms with E-state index in [9.17, 15) is 0 Å². The summed E-state index contributed by atoms with van der Waals surface area (Å²) < 4.78 is 0. The topological polar surface area (TPSA) is 35.2 Å². The van der Waals surface area contributed by atoms with E-state index in [0.29, 0.717) is 0 Å². The highest BCUT2D eigenvalue weighted by molar-refractivity contribution is 5.87. The zero-order valence-electron chi connectivity index (χ0n) is 23.6. The number of fused-ring (bicyclic) bond motifs is 3. The Bertz CT molecular complexity index is 1470. The summed E-state index contributed by atoms with van der Waals surface area (Å²) in [6.45, 7) is 14.6. The molecule has 2 aliphatic rings. The number of hydrogen-bond acceptors (Lipinski definition) is 3. The van der Waals surface area contributed by atoms with Gasteiger partial charge in [-0.05, 0) is 68.0 Å². The second-order valence-corrected chi connectivity index (χ2v) is 13.0. The van der Waals surface area contributed by atoms with Crippen LogP contribution in [0.5, 0.6) is 0 Å². The summed E-state index contributed by atoms with van der Waals surface area (Å²) in [6.07, 6.45) is 6.18. The van der Waals surface area contributed by atoms with Crippen LogP contribution in [0.25, 0.3) is 11.1 Å². The Hall–Kier alpha value is -3.79. The van der Waals surface area contributed by atoms with Crippen molar-refractivity contribution in [2.24, 2.45) is 0 Å². The number of nitrogens with zero attached hydrogens (tertiary/aromatic N) is 3. The van der Waals surface area contributed by atoms with E-state index in [0.717, 1.165) is 12.4 Å². The second-order valence-electron chi connectivity index (χ2n) is 13.0. The summed E-state index contributed by atoms with van der Waals surface area (Å²) in [7, 11) is 2.11. The number of benzene rings is 3. The largest absolute Gasteiger partial charge is 0.361 e. The third kappa shape index (κ3) is 3.69. The molecule has 0 saturated carbocycles. The summed E-state index contributed by atoms with van der Waals surface area (Å²) >= 11 is 0. The monoisotopic (exact) mass is 502 g/mol. The lowest BCUT2D eigenvalue weighted by Gasteiger charge is -2.34. The van der Waals surface area contributed by atoms with Crippen LogP contribution < -0.4 is 4.90 Å². The van der Waals surface area contributed by atoms with Crippen molar-refractivity contribution < 1.29 is 0 Å². The molecule has 1 N–H and O–H groups in total. The summed E-state index contributed by atoms with van der Waals surface area (Å²) in [5.74, 6) is 0. The fourth-order valence-electron chi connectivity index (χ4n) is 6.09. The molecule has 4 nitrogen and oxygen atoms in total. The van der Waals surface area contributed by atoms with Gasteiger partial charge in [-0.2, -0.15) is 5.10 Å². The first-order chi connectivity index (χ1) is 18.0. The number of hydrogen-bond donors (Lipinski definition) is 1. The van der Waals surface area contributed by atoms with Crippen molar-refractivity contribution in [2.45, 2.75) is 57.8 Å². The van der Waals surface area contributed by atoms with Gasteiger partial charge in [0, 0.05) is 31.3 Å². The Morgan fingerprint density at radius 3 is 1.89 bits per heavy atom. The molecule has 0 unspecified atom stereocenters. The molecule has 3 aromatic carbocycles. The third-order valence-electron chi connectivity index (χ3n) is 8.26. The predicted octanol–water partition coefficient (Wildman–Crippen LogP) is 7.55. The number of aromatic nitrogens is 2. The van der Waals surface area contributed by atoms with Crippen molar-refractivity contribution in [3.8, 4) is 11.1 Å². The molecule has 0 bridgehead atoms. The van der Waals surface area contributed by atoms with Gasteiger partial charge in [-0.1, -0.05) is 90.1 Å². The van der Waals surface area contributed by atoms with Gasteiger partial charge < -0.3 is 9.80 Å². The Morgan fingerprint density at radius 2 is 1.39 bits per heavy atom. The van der Waals surface area contributed by atoms with Crippen LogP contribution in [0.3, 0.4) is 0 Å². The normalized spacial score (nSPS) is 16.2. The average molecular weight is 503 g/mol. The van der Waals surface area contributed by atoms with E-state index in [2.05, 4.69) is 148 Å². The summed E-state index contributed by atoms with van der Waals surface area (Å²) in [6, 6.07) is 25.4. The molecule has 0 saturated heterocycles. The fourth-order valence-corrected chi connectivity index (χ4v) is 6.09. The van der Waals surface area contributed by atoms with Gasteiger partial charge in [-0.25, -0.2) is 0 Å². The van der Waals surface area contributed by atoms with Crippen LogP contribution in [0.2, 0.25) is 0 Å². The van der Waals surface area contributed by atoms with Crippen LogP contribution in [-0.4, -0.2) is 28.8 Å². The van der Waals surface area contributed by atoms with Gasteiger partial charge in [-0.15, -0.1) is 0 Å². The van der Waals surface area contributed by atoms with Crippen LogP contribution in [0, 0.1) is 0 Å². The van der Waals surface area contributed by atoms with Crippen molar-refractivity contribution in [1.82, 2.24) is 15.1 Å². The van der Waals surface area contributed by atoms with Crippen LogP contribution in [0.15, 0.2) is 85.3 Å². The van der Waals surface area contributed by atoms with E-state index in [1.165, 1.54) is 44.6 Å². The quantitative estimate of drug-likeness (QED) is 0.277. The second kappa shape index (κ2) is 8.36. The van der Waals surface area contributed by atoms with Gasteiger partial charge in [-0.3, -0.25) is 5.10 Å². The zero-order valence-corrected chi connectivity index (χ0v) is 23.6. The van der Waals surface area contributed by atoms with Crippen molar-refractivity contribution in [2.75, 3.05) is 18.6 Å². The number of aromatic amines is 1. The highest BCUT2D eigenvalue weighted by atomic mass is 15.3. The van der Waals surface area contributed by atoms with E-state index in [-0.39, 0.29) is 10.8 Å². The van der Waals surface area contributed by atoms with Crippen molar-refractivity contribution in [1.29, 1.82) is 0 Å². The molecule has 6 rings (SSSR count). The van der Waals surface area contributed by atoms with Crippen LogP contribution in [0.1, 0.15) is 75.1 Å².